The van der Waals surface area contributed by atoms with Crippen molar-refractivity contribution in [1.82, 2.24) is 0 Å². The van der Waals surface area contributed by atoms with Crippen LogP contribution in [0.25, 0.3) is 6.08 Å². The van der Waals surface area contributed by atoms with Crippen LogP contribution >= 0.6 is 0 Å². The summed E-state index contributed by atoms with van der Waals surface area (Å²) in [6.07, 6.45) is 5.83. The van der Waals surface area contributed by atoms with E-state index in [9.17, 15) is 0 Å². The zero-order valence-electron chi connectivity index (χ0n) is 11.7. The zero-order valence-corrected chi connectivity index (χ0v) is 11.7. The van der Waals surface area contributed by atoms with Gasteiger partial charge in [-0.25, -0.2) is 0 Å². The highest BCUT2D eigenvalue weighted by Crippen LogP contribution is 2.13. The lowest BCUT2D eigenvalue weighted by atomic mass is 10.0. The van der Waals surface area contributed by atoms with E-state index in [0.29, 0.717) is 0 Å². The van der Waals surface area contributed by atoms with Crippen LogP contribution in [0.4, 0.5) is 0 Å². The Bertz CT molecular complexity index is 306. The monoisotopic (exact) mass is 250 g/mol. The van der Waals surface area contributed by atoms with Gasteiger partial charge in [0.1, 0.15) is 0 Å². The first kappa shape index (κ1) is 25.5. The van der Waals surface area contributed by atoms with Crippen LogP contribution in [0, 0.1) is 13.8 Å². The minimum atomic E-state index is 0. The van der Waals surface area contributed by atoms with Crippen LogP contribution in [0.15, 0.2) is 36.9 Å². The molecule has 0 fully saturated rings. The van der Waals surface area contributed by atoms with Gasteiger partial charge < -0.3 is 0 Å². The molecule has 0 saturated heterocycles. The summed E-state index contributed by atoms with van der Waals surface area (Å²) in [6, 6.07) is 6.31. The van der Waals surface area contributed by atoms with E-state index in [1.54, 1.807) is 6.08 Å². The summed E-state index contributed by atoms with van der Waals surface area (Å²) < 4.78 is 0. The highest BCUT2D eigenvalue weighted by molar-refractivity contribution is 5.56. The summed E-state index contributed by atoms with van der Waals surface area (Å²) in [4.78, 5) is 0. The minimum Gasteiger partial charge on any atom is -0.0991 e. The van der Waals surface area contributed by atoms with Gasteiger partial charge in [0.05, 0.1) is 0 Å². The van der Waals surface area contributed by atoms with Gasteiger partial charge in [-0.3, -0.25) is 0 Å². The van der Waals surface area contributed by atoms with Gasteiger partial charge in [0, 0.05) is 0 Å². The molecule has 18 heavy (non-hydrogen) atoms. The van der Waals surface area contributed by atoms with Crippen molar-refractivity contribution in [2.45, 2.75) is 56.4 Å². The fourth-order valence-corrected chi connectivity index (χ4v) is 1.13. The molecular formula is C18H34. The van der Waals surface area contributed by atoms with Gasteiger partial charge in [0.2, 0.25) is 0 Å². The molecule has 0 N–H and O–H groups in total. The number of rotatable bonds is 2. The van der Waals surface area contributed by atoms with Crippen LogP contribution in [0.2, 0.25) is 0 Å². The summed E-state index contributed by atoms with van der Waals surface area (Å²) in [7, 11) is 0. The quantitative estimate of drug-likeness (QED) is 0.505. The molecular weight excluding hydrogens is 216 g/mol. The lowest BCUT2D eigenvalue weighted by Crippen LogP contribution is -1.83. The molecule has 0 aromatic heterocycles. The van der Waals surface area contributed by atoms with E-state index in [2.05, 4.69) is 44.7 Å². The summed E-state index contributed by atoms with van der Waals surface area (Å²) in [5.74, 6) is 0. The molecule has 0 bridgehead atoms. The van der Waals surface area contributed by atoms with Crippen molar-refractivity contribution in [3.8, 4) is 0 Å². The molecule has 0 spiro atoms. The molecule has 1 aromatic rings. The molecule has 1 rings (SSSR count). The van der Waals surface area contributed by atoms with Crippen LogP contribution < -0.4 is 0 Å². The summed E-state index contributed by atoms with van der Waals surface area (Å²) >= 11 is 0. The Morgan fingerprint density at radius 2 is 1.44 bits per heavy atom. The highest BCUT2D eigenvalue weighted by atomic mass is 14.0. The number of allylic oxidation sites excluding steroid dienone is 2. The van der Waals surface area contributed by atoms with E-state index in [1.165, 1.54) is 16.7 Å². The Hall–Kier alpha value is -1.30. The second kappa shape index (κ2) is 18.1. The maximum Gasteiger partial charge on any atom is -0.0225 e. The molecule has 0 unspecified atom stereocenters. The number of hydrogen-bond donors (Lipinski definition) is 0. The number of hydrogen-bond acceptors (Lipinski definition) is 0. The molecule has 106 valence electrons. The van der Waals surface area contributed by atoms with Crippen molar-refractivity contribution in [1.29, 1.82) is 0 Å². The van der Waals surface area contributed by atoms with E-state index < -0.39 is 0 Å². The fraction of sp³-hybridized carbons (Fsp3) is 0.444. The Kier molecular flexibility index (Phi) is 25.6. The van der Waals surface area contributed by atoms with Gasteiger partial charge in [0.15, 0.2) is 0 Å². The molecule has 0 heteroatoms. The van der Waals surface area contributed by atoms with Gasteiger partial charge in [-0.2, -0.15) is 0 Å². The van der Waals surface area contributed by atoms with Gasteiger partial charge in [-0.15, -0.1) is 0 Å². The van der Waals surface area contributed by atoms with Crippen LogP contribution in [-0.4, -0.2) is 0 Å². The lowest BCUT2D eigenvalue weighted by molar-refractivity contribution is 1.33. The van der Waals surface area contributed by atoms with E-state index in [0.717, 1.165) is 0 Å². The van der Waals surface area contributed by atoms with E-state index in [1.807, 2.05) is 33.8 Å². The lowest BCUT2D eigenvalue weighted by Gasteiger charge is -2.02. The number of benzene rings is 1. The van der Waals surface area contributed by atoms with Crippen LogP contribution in [-0.2, 0) is 0 Å². The maximum absolute atomic E-state index is 3.64. The van der Waals surface area contributed by atoms with Crippen LogP contribution in [0.5, 0.6) is 0 Å². The third-order valence-electron chi connectivity index (χ3n) is 2.06. The third kappa shape index (κ3) is 9.89. The van der Waals surface area contributed by atoms with E-state index >= 15 is 0 Å². The molecule has 0 aliphatic rings. The molecule has 0 heterocycles. The van der Waals surface area contributed by atoms with Crippen molar-refractivity contribution >= 4 is 6.08 Å². The van der Waals surface area contributed by atoms with Crippen LogP contribution in [0.3, 0.4) is 0 Å². The Morgan fingerprint density at radius 1 is 0.944 bits per heavy atom. The molecule has 0 aliphatic carbocycles. The molecule has 0 radical (unpaired) electrons. The van der Waals surface area contributed by atoms with Crippen molar-refractivity contribution < 1.29 is 0 Å². The van der Waals surface area contributed by atoms with Gasteiger partial charge in [-0.05, 0) is 30.5 Å². The average molecular weight is 250 g/mol. The molecule has 0 aliphatic heterocycles. The van der Waals surface area contributed by atoms with E-state index in [-0.39, 0.29) is 14.9 Å². The first-order chi connectivity index (χ1) is 7.75. The van der Waals surface area contributed by atoms with Gasteiger partial charge in [0.25, 0.3) is 0 Å². The number of aryl methyl sites for hydroxylation is 1. The Balaban J connectivity index is -0.000000149. The van der Waals surface area contributed by atoms with Crippen molar-refractivity contribution in [2.24, 2.45) is 0 Å². The maximum atomic E-state index is 3.64. The molecule has 1 aromatic carbocycles. The second-order valence-electron chi connectivity index (χ2n) is 2.88. The normalized spacial score (nSPS) is 7.67. The largest absolute Gasteiger partial charge is 0.0991 e. The zero-order chi connectivity index (χ0) is 13.0. The molecule has 0 amide bonds. The third-order valence-corrected chi connectivity index (χ3v) is 2.06. The highest BCUT2D eigenvalue weighted by Gasteiger charge is 1.94. The van der Waals surface area contributed by atoms with Crippen molar-refractivity contribution in [3.63, 3.8) is 0 Å². The predicted octanol–water partition coefficient (Wildman–Crippen LogP) is 6.83. The molecule has 0 nitrogen and oxygen atoms in total. The fourth-order valence-electron chi connectivity index (χ4n) is 1.13. The van der Waals surface area contributed by atoms with E-state index in [4.69, 9.17) is 0 Å². The standard InChI is InChI=1S/C12H14.2C2H6.2CH4/c1-4-5-8-12-9-6-7-10(2)11(12)3;2*1-2;;/h4-9H,1H2,2-3H3;2*1-2H3;2*1H4/b8-5-;;;;. The van der Waals surface area contributed by atoms with Crippen LogP contribution in [0.1, 0.15) is 59.2 Å². The second-order valence-corrected chi connectivity index (χ2v) is 2.88. The SMILES string of the molecule is C.C.C=C/C=C\c1cccc(C)c1C.CC.CC. The smallest absolute Gasteiger partial charge is 0.0225 e. The first-order valence-corrected chi connectivity index (χ1v) is 6.11. The van der Waals surface area contributed by atoms with Crippen molar-refractivity contribution in [2.75, 3.05) is 0 Å². The molecule has 0 saturated carbocycles. The molecule has 0 atom stereocenters. The Morgan fingerprint density at radius 3 is 1.89 bits per heavy atom. The van der Waals surface area contributed by atoms with Crippen molar-refractivity contribution in [3.05, 3.63) is 53.6 Å². The Labute approximate surface area is 116 Å². The summed E-state index contributed by atoms with van der Waals surface area (Å²) in [5.41, 5.74) is 3.95. The summed E-state index contributed by atoms with van der Waals surface area (Å²) in [6.45, 7) is 15.9. The minimum absolute atomic E-state index is 0. The van der Waals surface area contributed by atoms with Gasteiger partial charge >= 0.3 is 0 Å². The predicted molar refractivity (Wildman–Crippen MR) is 91.3 cm³/mol. The topological polar surface area (TPSA) is 0 Å². The summed E-state index contributed by atoms with van der Waals surface area (Å²) in [5, 5.41) is 0. The first-order valence-electron chi connectivity index (χ1n) is 6.11. The van der Waals surface area contributed by atoms with Gasteiger partial charge in [-0.1, -0.05) is 85.6 Å². The average Bonchev–Trinajstić information content (AvgIpc) is 2.36.